The highest BCUT2D eigenvalue weighted by atomic mass is 16.5. The van der Waals surface area contributed by atoms with Crippen molar-refractivity contribution in [2.75, 3.05) is 7.11 Å². The number of nitrogens with zero attached hydrogens (tertiary/aromatic N) is 1. The summed E-state index contributed by atoms with van der Waals surface area (Å²) in [6, 6.07) is 1.89. The van der Waals surface area contributed by atoms with Crippen LogP contribution in [0, 0.1) is 20.8 Å². The Bertz CT molecular complexity index is 643. The summed E-state index contributed by atoms with van der Waals surface area (Å²) < 4.78 is 10.6. The quantitative estimate of drug-likeness (QED) is 0.919. The second-order valence-electron chi connectivity index (χ2n) is 4.37. The lowest BCUT2D eigenvalue weighted by Crippen LogP contribution is -1.98. The van der Waals surface area contributed by atoms with Gasteiger partial charge in [0.25, 0.3) is 0 Å². The third kappa shape index (κ3) is 2.19. The van der Waals surface area contributed by atoms with Crippen molar-refractivity contribution in [2.45, 2.75) is 20.8 Å². The second kappa shape index (κ2) is 4.76. The molecule has 0 saturated heterocycles. The molecule has 5 heteroatoms. The number of carboxylic acids is 1. The van der Waals surface area contributed by atoms with E-state index in [4.69, 9.17) is 14.3 Å². The number of rotatable bonds is 3. The van der Waals surface area contributed by atoms with Gasteiger partial charge in [0, 0.05) is 5.56 Å². The molecule has 0 aliphatic rings. The zero-order chi connectivity index (χ0) is 14.2. The maximum Gasteiger partial charge on any atom is 0.357 e. The van der Waals surface area contributed by atoms with Crippen LogP contribution in [0.1, 0.15) is 27.2 Å². The molecule has 1 N–H and O–H groups in total. The summed E-state index contributed by atoms with van der Waals surface area (Å²) in [5.41, 5.74) is 3.59. The summed E-state index contributed by atoms with van der Waals surface area (Å²) in [7, 11) is 1.63. The van der Waals surface area contributed by atoms with Gasteiger partial charge >= 0.3 is 5.97 Å². The van der Waals surface area contributed by atoms with Crippen LogP contribution in [0.25, 0.3) is 11.5 Å². The number of aryl methyl sites for hydroxylation is 1. The first-order valence-corrected chi connectivity index (χ1v) is 5.79. The van der Waals surface area contributed by atoms with Gasteiger partial charge in [0.1, 0.15) is 12.0 Å². The highest BCUT2D eigenvalue weighted by Crippen LogP contribution is 2.33. The summed E-state index contributed by atoms with van der Waals surface area (Å²) in [6.45, 7) is 5.80. The molecule has 0 aliphatic carbocycles. The van der Waals surface area contributed by atoms with Crippen LogP contribution in [0.2, 0.25) is 0 Å². The van der Waals surface area contributed by atoms with Crippen LogP contribution in [-0.2, 0) is 0 Å². The summed E-state index contributed by atoms with van der Waals surface area (Å²) in [5.74, 6) is 0.0321. The molecule has 1 aromatic carbocycles. The fraction of sp³-hybridized carbons (Fsp3) is 0.286. The first kappa shape index (κ1) is 13.1. The number of aromatic nitrogens is 1. The van der Waals surface area contributed by atoms with Crippen molar-refractivity contribution in [3.63, 3.8) is 0 Å². The average Bonchev–Trinajstić information content (AvgIpc) is 2.84. The van der Waals surface area contributed by atoms with Crippen molar-refractivity contribution in [3.8, 4) is 17.2 Å². The maximum atomic E-state index is 10.8. The zero-order valence-electron chi connectivity index (χ0n) is 11.3. The van der Waals surface area contributed by atoms with Crippen LogP contribution in [0.4, 0.5) is 0 Å². The first-order valence-electron chi connectivity index (χ1n) is 5.79. The Kier molecular flexibility index (Phi) is 3.29. The fourth-order valence-corrected chi connectivity index (χ4v) is 2.09. The van der Waals surface area contributed by atoms with Gasteiger partial charge < -0.3 is 14.3 Å². The highest BCUT2D eigenvalue weighted by molar-refractivity contribution is 5.85. The van der Waals surface area contributed by atoms with Gasteiger partial charge in [-0.2, -0.15) is 0 Å². The Morgan fingerprint density at radius 1 is 1.32 bits per heavy atom. The molecule has 0 saturated carbocycles. The van der Waals surface area contributed by atoms with E-state index in [1.165, 1.54) is 0 Å². The van der Waals surface area contributed by atoms with Gasteiger partial charge in [-0.15, -0.1) is 0 Å². The molecule has 0 fully saturated rings. The number of benzene rings is 1. The zero-order valence-corrected chi connectivity index (χ0v) is 11.3. The third-order valence-electron chi connectivity index (χ3n) is 3.18. The normalized spacial score (nSPS) is 10.5. The van der Waals surface area contributed by atoms with Crippen molar-refractivity contribution in [1.82, 2.24) is 4.98 Å². The van der Waals surface area contributed by atoms with Crippen molar-refractivity contribution in [1.29, 1.82) is 0 Å². The van der Waals surface area contributed by atoms with E-state index in [-0.39, 0.29) is 5.69 Å². The van der Waals surface area contributed by atoms with Gasteiger partial charge in [0.2, 0.25) is 5.89 Å². The average molecular weight is 261 g/mol. The minimum absolute atomic E-state index is 0.0967. The van der Waals surface area contributed by atoms with Crippen LogP contribution in [0.5, 0.6) is 5.75 Å². The number of aromatic carboxylic acids is 1. The topological polar surface area (TPSA) is 72.6 Å². The predicted molar refractivity (Wildman–Crippen MR) is 69.7 cm³/mol. The summed E-state index contributed by atoms with van der Waals surface area (Å²) in [6.07, 6.45) is 1.14. The lowest BCUT2D eigenvalue weighted by Gasteiger charge is -2.13. The number of oxazole rings is 1. The molecule has 0 radical (unpaired) electrons. The van der Waals surface area contributed by atoms with Crippen LogP contribution in [0.3, 0.4) is 0 Å². The molecule has 1 aromatic heterocycles. The number of hydrogen-bond donors (Lipinski definition) is 1. The Balaban J connectivity index is 2.59. The van der Waals surface area contributed by atoms with E-state index >= 15 is 0 Å². The Labute approximate surface area is 110 Å². The molecule has 0 aliphatic heterocycles. The van der Waals surface area contributed by atoms with Gasteiger partial charge in [-0.1, -0.05) is 0 Å². The minimum atomic E-state index is -1.10. The van der Waals surface area contributed by atoms with Crippen molar-refractivity contribution in [3.05, 3.63) is 34.7 Å². The van der Waals surface area contributed by atoms with Crippen LogP contribution >= 0.6 is 0 Å². The van der Waals surface area contributed by atoms with E-state index in [0.29, 0.717) is 5.89 Å². The van der Waals surface area contributed by atoms with Crippen LogP contribution in [0.15, 0.2) is 16.7 Å². The third-order valence-corrected chi connectivity index (χ3v) is 3.18. The fourth-order valence-electron chi connectivity index (χ4n) is 2.09. The van der Waals surface area contributed by atoms with Crippen molar-refractivity contribution >= 4 is 5.97 Å². The maximum absolute atomic E-state index is 10.8. The molecule has 5 nitrogen and oxygen atoms in total. The first-order chi connectivity index (χ1) is 8.95. The van der Waals surface area contributed by atoms with E-state index in [0.717, 1.165) is 34.3 Å². The highest BCUT2D eigenvalue weighted by Gasteiger charge is 2.17. The smallest absolute Gasteiger partial charge is 0.357 e. The SMILES string of the molecule is COc1c(C)cc(-c2nc(C(=O)O)co2)c(C)c1C. The second-order valence-corrected chi connectivity index (χ2v) is 4.37. The molecule has 2 rings (SSSR count). The van der Waals surface area contributed by atoms with Gasteiger partial charge in [0.15, 0.2) is 5.69 Å². The molecule has 0 bridgehead atoms. The molecule has 2 aromatic rings. The van der Waals surface area contributed by atoms with Gasteiger partial charge in [-0.25, -0.2) is 9.78 Å². The van der Waals surface area contributed by atoms with E-state index in [9.17, 15) is 4.79 Å². The molecule has 1 heterocycles. The van der Waals surface area contributed by atoms with E-state index in [1.807, 2.05) is 26.8 Å². The van der Waals surface area contributed by atoms with Gasteiger partial charge in [0.05, 0.1) is 7.11 Å². The van der Waals surface area contributed by atoms with Crippen molar-refractivity contribution < 1.29 is 19.1 Å². The van der Waals surface area contributed by atoms with E-state index in [1.54, 1.807) is 7.11 Å². The molecule has 0 unspecified atom stereocenters. The summed E-state index contributed by atoms with van der Waals surface area (Å²) >= 11 is 0. The Hall–Kier alpha value is -2.30. The minimum Gasteiger partial charge on any atom is -0.496 e. The van der Waals surface area contributed by atoms with Crippen LogP contribution < -0.4 is 4.74 Å². The van der Waals surface area contributed by atoms with Gasteiger partial charge in [-0.05, 0) is 43.5 Å². The number of carbonyl (C=O) groups is 1. The molecule has 100 valence electrons. The molecule has 0 spiro atoms. The van der Waals surface area contributed by atoms with E-state index in [2.05, 4.69) is 4.98 Å². The molecule has 19 heavy (non-hydrogen) atoms. The largest absolute Gasteiger partial charge is 0.496 e. The van der Waals surface area contributed by atoms with E-state index < -0.39 is 5.97 Å². The number of methoxy groups -OCH3 is 1. The molecular weight excluding hydrogens is 246 g/mol. The standard InChI is InChI=1S/C14H15NO4/c1-7-5-10(8(2)9(3)12(7)18-4)13-15-11(6-19-13)14(16)17/h5-6H,1-4H3,(H,16,17). The molecular formula is C14H15NO4. The van der Waals surface area contributed by atoms with Gasteiger partial charge in [-0.3, -0.25) is 0 Å². The van der Waals surface area contributed by atoms with Crippen LogP contribution in [-0.4, -0.2) is 23.2 Å². The Morgan fingerprint density at radius 2 is 2.00 bits per heavy atom. The van der Waals surface area contributed by atoms with Crippen molar-refractivity contribution in [2.24, 2.45) is 0 Å². The summed E-state index contributed by atoms with van der Waals surface area (Å²) in [4.78, 5) is 14.8. The number of carboxylic acid groups (broad SMARTS) is 1. The number of hydrogen-bond acceptors (Lipinski definition) is 4. The Morgan fingerprint density at radius 3 is 2.53 bits per heavy atom. The lowest BCUT2D eigenvalue weighted by atomic mass is 9.98. The monoisotopic (exact) mass is 261 g/mol. The number of ether oxygens (including phenoxy) is 1. The lowest BCUT2D eigenvalue weighted by molar-refractivity contribution is 0.0690. The molecule has 0 amide bonds. The summed E-state index contributed by atoms with van der Waals surface area (Å²) in [5, 5.41) is 8.86. The predicted octanol–water partition coefficient (Wildman–Crippen LogP) is 2.97. The molecule has 0 atom stereocenters.